The first-order chi connectivity index (χ1) is 10.0. The lowest BCUT2D eigenvalue weighted by Crippen LogP contribution is -2.35. The van der Waals surface area contributed by atoms with Crippen molar-refractivity contribution in [3.63, 3.8) is 0 Å². The number of para-hydroxylation sites is 1. The summed E-state index contributed by atoms with van der Waals surface area (Å²) < 4.78 is 0. The fourth-order valence-corrected chi connectivity index (χ4v) is 3.68. The highest BCUT2D eigenvalue weighted by Crippen LogP contribution is 2.45. The highest BCUT2D eigenvalue weighted by atomic mass is 16.2. The van der Waals surface area contributed by atoms with Crippen molar-refractivity contribution in [2.45, 2.75) is 27.2 Å². The van der Waals surface area contributed by atoms with Gasteiger partial charge in [0.15, 0.2) is 0 Å². The maximum absolute atomic E-state index is 13.0. The number of benzene rings is 1. The Morgan fingerprint density at radius 1 is 1.24 bits per heavy atom. The van der Waals surface area contributed by atoms with E-state index < -0.39 is 0 Å². The second-order valence-corrected chi connectivity index (χ2v) is 6.54. The summed E-state index contributed by atoms with van der Waals surface area (Å²) in [4.78, 5) is 14.8. The van der Waals surface area contributed by atoms with Crippen LogP contribution in [-0.4, -0.2) is 13.0 Å². The van der Waals surface area contributed by atoms with Crippen LogP contribution in [0.4, 0.5) is 5.69 Å². The number of rotatable bonds is 1. The molecule has 1 aromatic rings. The van der Waals surface area contributed by atoms with Crippen LogP contribution in [0.3, 0.4) is 0 Å². The summed E-state index contributed by atoms with van der Waals surface area (Å²) >= 11 is 0. The largest absolute Gasteiger partial charge is 0.314 e. The van der Waals surface area contributed by atoms with Gasteiger partial charge in [-0.1, -0.05) is 51.1 Å². The van der Waals surface area contributed by atoms with Gasteiger partial charge in [-0.15, -0.1) is 0 Å². The molecule has 0 bridgehead atoms. The summed E-state index contributed by atoms with van der Waals surface area (Å²) in [5.41, 5.74) is 4.86. The second-order valence-electron chi connectivity index (χ2n) is 6.54. The van der Waals surface area contributed by atoms with Gasteiger partial charge in [-0.25, -0.2) is 0 Å². The zero-order valence-corrected chi connectivity index (χ0v) is 13.3. The Bertz CT molecular complexity index is 639. The molecule has 110 valence electrons. The van der Waals surface area contributed by atoms with Crippen LogP contribution in [0.2, 0.25) is 0 Å². The van der Waals surface area contributed by atoms with Crippen molar-refractivity contribution in [3.05, 3.63) is 47.6 Å². The second kappa shape index (κ2) is 5.18. The first kappa shape index (κ1) is 14.1. The molecule has 0 N–H and O–H groups in total. The SMILES string of the molecule is CC1CC=CC2=C1c1ccccc1N(C)C(=O)C2C(C)C. The van der Waals surface area contributed by atoms with Crippen LogP contribution in [0, 0.1) is 17.8 Å². The zero-order valence-electron chi connectivity index (χ0n) is 13.3. The Morgan fingerprint density at radius 2 is 1.95 bits per heavy atom. The zero-order chi connectivity index (χ0) is 15.1. The molecule has 21 heavy (non-hydrogen) atoms. The summed E-state index contributed by atoms with van der Waals surface area (Å²) in [6.07, 6.45) is 5.46. The Labute approximate surface area is 127 Å². The van der Waals surface area contributed by atoms with Gasteiger partial charge in [0.2, 0.25) is 5.91 Å². The molecular weight excluding hydrogens is 258 g/mol. The number of carbonyl (C=O) groups is 1. The average molecular weight is 281 g/mol. The Balaban J connectivity index is 2.31. The molecule has 0 saturated heterocycles. The fraction of sp³-hybridized carbons (Fsp3) is 0.421. The van der Waals surface area contributed by atoms with Gasteiger partial charge in [0.25, 0.3) is 0 Å². The molecule has 2 heteroatoms. The van der Waals surface area contributed by atoms with Crippen molar-refractivity contribution in [2.75, 3.05) is 11.9 Å². The van der Waals surface area contributed by atoms with Crippen molar-refractivity contribution >= 4 is 17.2 Å². The minimum Gasteiger partial charge on any atom is -0.314 e. The predicted octanol–water partition coefficient (Wildman–Crippen LogP) is 4.28. The highest BCUT2D eigenvalue weighted by molar-refractivity contribution is 6.04. The van der Waals surface area contributed by atoms with E-state index >= 15 is 0 Å². The number of fused-ring (bicyclic) bond motifs is 2. The van der Waals surface area contributed by atoms with Crippen molar-refractivity contribution in [1.29, 1.82) is 0 Å². The number of anilines is 1. The van der Waals surface area contributed by atoms with Gasteiger partial charge in [-0.2, -0.15) is 0 Å². The van der Waals surface area contributed by atoms with E-state index in [0.717, 1.165) is 12.1 Å². The normalized spacial score (nSPS) is 25.0. The van der Waals surface area contributed by atoms with E-state index in [1.807, 2.05) is 18.0 Å². The van der Waals surface area contributed by atoms with E-state index in [-0.39, 0.29) is 11.8 Å². The number of hydrogen-bond donors (Lipinski definition) is 0. The minimum atomic E-state index is -0.0450. The molecule has 0 aromatic heterocycles. The van der Waals surface area contributed by atoms with E-state index in [9.17, 15) is 4.79 Å². The van der Waals surface area contributed by atoms with Crippen LogP contribution in [-0.2, 0) is 4.79 Å². The third-order valence-corrected chi connectivity index (χ3v) is 4.74. The number of hydrogen-bond acceptors (Lipinski definition) is 1. The van der Waals surface area contributed by atoms with Crippen LogP contribution in [0.1, 0.15) is 32.8 Å². The molecule has 1 heterocycles. The lowest BCUT2D eigenvalue weighted by molar-refractivity contribution is -0.121. The predicted molar refractivity (Wildman–Crippen MR) is 88.0 cm³/mol. The van der Waals surface area contributed by atoms with Gasteiger partial charge in [-0.05, 0) is 35.5 Å². The molecule has 2 aliphatic rings. The molecule has 2 unspecified atom stereocenters. The summed E-state index contributed by atoms with van der Waals surface area (Å²) in [5.74, 6) is 0.929. The van der Waals surface area contributed by atoms with Crippen LogP contribution < -0.4 is 4.90 Å². The van der Waals surface area contributed by atoms with E-state index in [4.69, 9.17) is 0 Å². The monoisotopic (exact) mass is 281 g/mol. The average Bonchev–Trinajstić information content (AvgIpc) is 2.55. The summed E-state index contributed by atoms with van der Waals surface area (Å²) in [6, 6.07) is 8.31. The Morgan fingerprint density at radius 3 is 2.67 bits per heavy atom. The molecule has 0 spiro atoms. The number of amides is 1. The molecule has 1 aliphatic carbocycles. The van der Waals surface area contributed by atoms with Gasteiger partial charge in [0.1, 0.15) is 0 Å². The third kappa shape index (κ3) is 2.14. The van der Waals surface area contributed by atoms with E-state index in [1.54, 1.807) is 0 Å². The van der Waals surface area contributed by atoms with E-state index in [1.165, 1.54) is 16.7 Å². The quantitative estimate of drug-likeness (QED) is 0.752. The highest BCUT2D eigenvalue weighted by Gasteiger charge is 2.36. The number of nitrogens with zero attached hydrogens (tertiary/aromatic N) is 1. The van der Waals surface area contributed by atoms with Crippen molar-refractivity contribution in [2.24, 2.45) is 17.8 Å². The van der Waals surface area contributed by atoms with Gasteiger partial charge in [0.05, 0.1) is 11.6 Å². The number of allylic oxidation sites excluding steroid dienone is 3. The van der Waals surface area contributed by atoms with Crippen molar-refractivity contribution in [1.82, 2.24) is 0 Å². The molecule has 1 aromatic carbocycles. The Kier molecular flexibility index (Phi) is 3.48. The molecule has 0 fully saturated rings. The van der Waals surface area contributed by atoms with Gasteiger partial charge < -0.3 is 4.90 Å². The standard InChI is InChI=1S/C19H23NO/c1-12(2)17-15-10-7-8-13(3)18(15)14-9-5-6-11-16(14)20(4)19(17)21/h5-7,9-13,17H,8H2,1-4H3. The third-order valence-electron chi connectivity index (χ3n) is 4.74. The van der Waals surface area contributed by atoms with Crippen LogP contribution in [0.5, 0.6) is 0 Å². The summed E-state index contributed by atoms with van der Waals surface area (Å²) in [5, 5.41) is 0. The van der Waals surface area contributed by atoms with Crippen LogP contribution in [0.15, 0.2) is 42.0 Å². The summed E-state index contributed by atoms with van der Waals surface area (Å²) in [6.45, 7) is 6.55. The van der Waals surface area contributed by atoms with Crippen LogP contribution in [0.25, 0.3) is 5.57 Å². The van der Waals surface area contributed by atoms with Crippen LogP contribution >= 0.6 is 0 Å². The maximum Gasteiger partial charge on any atom is 0.234 e. The summed E-state index contributed by atoms with van der Waals surface area (Å²) in [7, 11) is 1.91. The first-order valence-corrected chi connectivity index (χ1v) is 7.80. The number of carbonyl (C=O) groups excluding carboxylic acids is 1. The lowest BCUT2D eigenvalue weighted by Gasteiger charge is -2.27. The molecule has 2 atom stereocenters. The van der Waals surface area contributed by atoms with E-state index in [0.29, 0.717) is 11.8 Å². The maximum atomic E-state index is 13.0. The molecule has 0 saturated carbocycles. The molecule has 1 aliphatic heterocycles. The lowest BCUT2D eigenvalue weighted by atomic mass is 9.76. The topological polar surface area (TPSA) is 20.3 Å². The first-order valence-electron chi connectivity index (χ1n) is 7.80. The smallest absolute Gasteiger partial charge is 0.234 e. The molecule has 2 nitrogen and oxygen atoms in total. The van der Waals surface area contributed by atoms with Crippen molar-refractivity contribution in [3.8, 4) is 0 Å². The minimum absolute atomic E-state index is 0.0450. The molecule has 0 radical (unpaired) electrons. The molecule has 3 rings (SSSR count). The van der Waals surface area contributed by atoms with E-state index in [2.05, 4.69) is 51.1 Å². The fourth-order valence-electron chi connectivity index (χ4n) is 3.68. The molecular formula is C19H23NO. The van der Waals surface area contributed by atoms with Gasteiger partial charge in [0, 0.05) is 12.6 Å². The van der Waals surface area contributed by atoms with Crippen molar-refractivity contribution < 1.29 is 4.79 Å². The molecule has 1 amide bonds. The Hall–Kier alpha value is -1.83. The van der Waals surface area contributed by atoms with Gasteiger partial charge >= 0.3 is 0 Å². The van der Waals surface area contributed by atoms with Gasteiger partial charge in [-0.3, -0.25) is 4.79 Å².